The van der Waals surface area contributed by atoms with Crippen LogP contribution in [0.4, 0.5) is 11.5 Å². The molecule has 5 rings (SSSR count). The van der Waals surface area contributed by atoms with E-state index >= 15 is 0 Å². The normalized spacial score (nSPS) is 17.0. The number of thiazole rings is 1. The Bertz CT molecular complexity index is 1080. The average Bonchev–Trinajstić information content (AvgIpc) is 3.35. The van der Waals surface area contributed by atoms with Crippen molar-refractivity contribution in [3.8, 4) is 0 Å². The van der Waals surface area contributed by atoms with Crippen LogP contribution in [-0.2, 0) is 11.2 Å². The molecule has 0 unspecified atom stereocenters. The van der Waals surface area contributed by atoms with Crippen molar-refractivity contribution in [1.29, 1.82) is 0 Å². The summed E-state index contributed by atoms with van der Waals surface area (Å²) in [6.07, 6.45) is 4.63. The summed E-state index contributed by atoms with van der Waals surface area (Å²) < 4.78 is 0. The van der Waals surface area contributed by atoms with Crippen LogP contribution in [0, 0.1) is 11.8 Å². The molecule has 0 aliphatic carbocycles. The molecular formula is C24H26N6O2S. The third-order valence-corrected chi connectivity index (χ3v) is 7.02. The number of nitrogens with one attached hydrogen (secondary N) is 1. The first-order valence-electron chi connectivity index (χ1n) is 11.3. The van der Waals surface area contributed by atoms with Crippen LogP contribution < -0.4 is 10.2 Å². The van der Waals surface area contributed by atoms with Crippen LogP contribution in [0.25, 0.3) is 0 Å². The summed E-state index contributed by atoms with van der Waals surface area (Å²) in [4.78, 5) is 33.1. The van der Waals surface area contributed by atoms with Crippen LogP contribution in [-0.4, -0.2) is 58.1 Å². The van der Waals surface area contributed by atoms with Crippen molar-refractivity contribution in [3.05, 3.63) is 64.7 Å². The highest BCUT2D eigenvalue weighted by molar-refractivity contribution is 7.07. The highest BCUT2D eigenvalue weighted by atomic mass is 32.1. The fourth-order valence-corrected chi connectivity index (χ4v) is 4.94. The monoisotopic (exact) mass is 462 g/mol. The lowest BCUT2D eigenvalue weighted by Gasteiger charge is -2.38. The van der Waals surface area contributed by atoms with Crippen molar-refractivity contribution in [2.24, 2.45) is 11.8 Å². The zero-order valence-corrected chi connectivity index (χ0v) is 19.1. The number of amides is 2. The maximum atomic E-state index is 12.5. The average molecular weight is 463 g/mol. The molecule has 0 spiro atoms. The number of rotatable bonds is 6. The molecule has 33 heavy (non-hydrogen) atoms. The maximum absolute atomic E-state index is 12.5. The quantitative estimate of drug-likeness (QED) is 0.605. The number of hydrogen-bond donors (Lipinski definition) is 1. The van der Waals surface area contributed by atoms with E-state index in [1.165, 1.54) is 16.9 Å². The molecule has 8 nitrogen and oxygen atoms in total. The lowest BCUT2D eigenvalue weighted by Crippen LogP contribution is -2.52. The van der Waals surface area contributed by atoms with Gasteiger partial charge in [0.2, 0.25) is 5.91 Å². The SMILES string of the molecule is O=C(Nc1ccc(CC2CCN(C(=O)c3cscn3)CC2)cc1)C1CN(c2cccnn2)C1. The number of likely N-dealkylation sites (tertiary alicyclic amines) is 1. The predicted molar refractivity (Wildman–Crippen MR) is 127 cm³/mol. The van der Waals surface area contributed by atoms with Gasteiger partial charge in [0.15, 0.2) is 5.82 Å². The van der Waals surface area contributed by atoms with Gasteiger partial charge in [-0.1, -0.05) is 12.1 Å². The number of anilines is 2. The molecule has 4 heterocycles. The number of carbonyl (C=O) groups excluding carboxylic acids is 2. The molecule has 1 N–H and O–H groups in total. The third kappa shape index (κ3) is 5.03. The summed E-state index contributed by atoms with van der Waals surface area (Å²) in [5.74, 6) is 1.42. The van der Waals surface area contributed by atoms with Crippen LogP contribution in [0.5, 0.6) is 0 Å². The molecule has 1 aromatic carbocycles. The second kappa shape index (κ2) is 9.66. The van der Waals surface area contributed by atoms with Crippen molar-refractivity contribution in [3.63, 3.8) is 0 Å². The molecule has 2 aliphatic heterocycles. The highest BCUT2D eigenvalue weighted by Gasteiger charge is 2.33. The molecule has 0 radical (unpaired) electrons. The van der Waals surface area contributed by atoms with Gasteiger partial charge in [-0.15, -0.1) is 16.4 Å². The number of carbonyl (C=O) groups is 2. The second-order valence-corrected chi connectivity index (χ2v) is 9.40. The Balaban J connectivity index is 1.06. The minimum absolute atomic E-state index is 0.0381. The molecular weight excluding hydrogens is 436 g/mol. The van der Waals surface area contributed by atoms with Gasteiger partial charge in [0.05, 0.1) is 11.4 Å². The van der Waals surface area contributed by atoms with Gasteiger partial charge in [-0.05, 0) is 55.0 Å². The van der Waals surface area contributed by atoms with Crippen molar-refractivity contribution >= 4 is 34.7 Å². The van der Waals surface area contributed by atoms with Crippen LogP contribution in [0.2, 0.25) is 0 Å². The Morgan fingerprint density at radius 3 is 2.55 bits per heavy atom. The van der Waals surface area contributed by atoms with Crippen LogP contribution >= 0.6 is 11.3 Å². The first-order valence-corrected chi connectivity index (χ1v) is 12.2. The van der Waals surface area contributed by atoms with Gasteiger partial charge in [0.25, 0.3) is 5.91 Å². The van der Waals surface area contributed by atoms with Gasteiger partial charge < -0.3 is 15.1 Å². The van der Waals surface area contributed by atoms with E-state index in [9.17, 15) is 9.59 Å². The van der Waals surface area contributed by atoms with Crippen molar-refractivity contribution in [1.82, 2.24) is 20.1 Å². The fourth-order valence-electron chi connectivity index (χ4n) is 4.42. The molecule has 3 aromatic rings. The van der Waals surface area contributed by atoms with E-state index in [0.717, 1.165) is 43.9 Å². The second-order valence-electron chi connectivity index (χ2n) is 8.68. The number of aromatic nitrogens is 3. The summed E-state index contributed by atoms with van der Waals surface area (Å²) >= 11 is 1.45. The molecule has 0 bridgehead atoms. The molecule has 0 saturated carbocycles. The van der Waals surface area contributed by atoms with E-state index in [2.05, 4.69) is 37.5 Å². The third-order valence-electron chi connectivity index (χ3n) is 6.43. The Morgan fingerprint density at radius 1 is 1.09 bits per heavy atom. The lowest BCUT2D eigenvalue weighted by molar-refractivity contribution is -0.120. The molecule has 2 amide bonds. The number of piperidine rings is 1. The number of hydrogen-bond acceptors (Lipinski definition) is 7. The Morgan fingerprint density at radius 2 is 1.88 bits per heavy atom. The Labute approximate surface area is 196 Å². The first kappa shape index (κ1) is 21.5. The number of nitrogens with zero attached hydrogens (tertiary/aromatic N) is 5. The topological polar surface area (TPSA) is 91.3 Å². The van der Waals surface area contributed by atoms with E-state index in [4.69, 9.17) is 0 Å². The van der Waals surface area contributed by atoms with Gasteiger partial charge in [-0.3, -0.25) is 9.59 Å². The van der Waals surface area contributed by atoms with E-state index in [0.29, 0.717) is 24.7 Å². The summed E-state index contributed by atoms with van der Waals surface area (Å²) in [5.41, 5.74) is 4.34. The van der Waals surface area contributed by atoms with E-state index in [-0.39, 0.29) is 17.7 Å². The van der Waals surface area contributed by atoms with Crippen LogP contribution in [0.3, 0.4) is 0 Å². The predicted octanol–water partition coefficient (Wildman–Crippen LogP) is 3.10. The molecule has 2 saturated heterocycles. The molecule has 2 aromatic heterocycles. The molecule has 170 valence electrons. The zero-order valence-electron chi connectivity index (χ0n) is 18.3. The van der Waals surface area contributed by atoms with Gasteiger partial charge >= 0.3 is 0 Å². The summed E-state index contributed by atoms with van der Waals surface area (Å²) in [6.45, 7) is 2.88. The smallest absolute Gasteiger partial charge is 0.273 e. The van der Waals surface area contributed by atoms with E-state index < -0.39 is 0 Å². The minimum Gasteiger partial charge on any atom is -0.353 e. The number of benzene rings is 1. The van der Waals surface area contributed by atoms with Crippen molar-refractivity contribution < 1.29 is 9.59 Å². The van der Waals surface area contributed by atoms with Gasteiger partial charge in [0, 0.05) is 43.4 Å². The first-order chi connectivity index (χ1) is 16.2. The van der Waals surface area contributed by atoms with Crippen molar-refractivity contribution in [2.45, 2.75) is 19.3 Å². The Kier molecular flexibility index (Phi) is 6.30. The lowest BCUT2D eigenvalue weighted by atomic mass is 9.90. The summed E-state index contributed by atoms with van der Waals surface area (Å²) in [5, 5.41) is 12.8. The van der Waals surface area contributed by atoms with Gasteiger partial charge in [0.1, 0.15) is 5.69 Å². The van der Waals surface area contributed by atoms with Gasteiger partial charge in [-0.25, -0.2) is 4.98 Å². The van der Waals surface area contributed by atoms with Crippen LogP contribution in [0.1, 0.15) is 28.9 Å². The largest absolute Gasteiger partial charge is 0.353 e. The standard InChI is InChI=1S/C24H26N6O2S/c31-23(19-13-30(14-19)22-2-1-9-26-28-22)27-20-5-3-17(4-6-20)12-18-7-10-29(11-8-18)24(32)21-15-33-16-25-21/h1-6,9,15-16,18-19H,7-8,10-14H2,(H,27,31). The summed E-state index contributed by atoms with van der Waals surface area (Å²) in [6, 6.07) is 11.9. The molecule has 0 atom stereocenters. The molecule has 9 heteroatoms. The highest BCUT2D eigenvalue weighted by Crippen LogP contribution is 2.25. The molecule has 2 fully saturated rings. The van der Waals surface area contributed by atoms with Crippen LogP contribution in [0.15, 0.2) is 53.5 Å². The summed E-state index contributed by atoms with van der Waals surface area (Å²) in [7, 11) is 0. The molecule has 2 aliphatic rings. The maximum Gasteiger partial charge on any atom is 0.273 e. The van der Waals surface area contributed by atoms with Crippen molar-refractivity contribution in [2.75, 3.05) is 36.4 Å². The van der Waals surface area contributed by atoms with Gasteiger partial charge in [-0.2, -0.15) is 5.10 Å². The minimum atomic E-state index is -0.0381. The van der Waals surface area contributed by atoms with E-state index in [1.54, 1.807) is 11.7 Å². The zero-order chi connectivity index (χ0) is 22.6. The van der Waals surface area contributed by atoms with E-state index in [1.807, 2.05) is 34.5 Å². The fraction of sp³-hybridized carbons (Fsp3) is 0.375. The Hall–Kier alpha value is -3.33.